The molecule has 3 heterocycles. The molecular formula is C21H24N4O4. The number of fused-ring (bicyclic) bond motifs is 1. The maximum absolute atomic E-state index is 12.8. The van der Waals surface area contributed by atoms with Crippen molar-refractivity contribution < 1.29 is 13.9 Å². The number of piperidine rings is 1. The number of carbonyl (C=O) groups excluding carboxylic acids is 1. The molecule has 8 nitrogen and oxygen atoms in total. The van der Waals surface area contributed by atoms with Gasteiger partial charge in [0.05, 0.1) is 0 Å². The molecule has 1 fully saturated rings. The molecular weight excluding hydrogens is 372 g/mol. The molecule has 3 aromatic rings. The Morgan fingerprint density at radius 1 is 1.28 bits per heavy atom. The number of hydrogen-bond donors (Lipinski definition) is 0. The summed E-state index contributed by atoms with van der Waals surface area (Å²) in [6, 6.07) is 6.66. The van der Waals surface area contributed by atoms with Gasteiger partial charge in [0.1, 0.15) is 23.5 Å². The number of aromatic nitrogens is 3. The number of likely N-dealkylation sites (tertiary alicyclic amines) is 1. The van der Waals surface area contributed by atoms with Crippen molar-refractivity contribution in [2.24, 2.45) is 7.05 Å². The zero-order valence-corrected chi connectivity index (χ0v) is 16.8. The highest BCUT2D eigenvalue weighted by Crippen LogP contribution is 2.27. The lowest BCUT2D eigenvalue weighted by Gasteiger charge is -2.33. The summed E-state index contributed by atoms with van der Waals surface area (Å²) in [5, 5.41) is 8.94. The smallest absolute Gasteiger partial charge is 0.336 e. The Hall–Kier alpha value is -3.16. The van der Waals surface area contributed by atoms with Gasteiger partial charge in [-0.2, -0.15) is 0 Å². The van der Waals surface area contributed by atoms with Crippen molar-refractivity contribution in [3.63, 3.8) is 0 Å². The van der Waals surface area contributed by atoms with Crippen molar-refractivity contribution in [3.05, 3.63) is 52.4 Å². The van der Waals surface area contributed by atoms with E-state index in [0.717, 1.165) is 29.6 Å². The first kappa shape index (κ1) is 19.2. The van der Waals surface area contributed by atoms with Crippen molar-refractivity contribution in [2.45, 2.75) is 38.7 Å². The van der Waals surface area contributed by atoms with Crippen LogP contribution in [0.25, 0.3) is 11.0 Å². The van der Waals surface area contributed by atoms with E-state index in [0.29, 0.717) is 30.3 Å². The lowest BCUT2D eigenvalue weighted by molar-refractivity contribution is -0.139. The van der Waals surface area contributed by atoms with Crippen molar-refractivity contribution in [1.82, 2.24) is 19.7 Å². The number of aryl methyl sites for hydroxylation is 2. The zero-order valence-electron chi connectivity index (χ0n) is 16.8. The van der Waals surface area contributed by atoms with E-state index in [1.807, 2.05) is 23.4 Å². The second-order valence-corrected chi connectivity index (χ2v) is 7.57. The molecule has 0 saturated carbocycles. The van der Waals surface area contributed by atoms with Crippen LogP contribution in [0.5, 0.6) is 5.75 Å². The second-order valence-electron chi connectivity index (χ2n) is 7.57. The predicted octanol–water partition coefficient (Wildman–Crippen LogP) is 2.40. The number of ether oxygens (including phenoxy) is 1. The molecule has 8 heteroatoms. The first-order valence-corrected chi connectivity index (χ1v) is 9.76. The Bertz CT molecular complexity index is 1100. The SMILES string of the molecule is Cc1cc(=O)oc2ccc(OC(C)C(=O)N3CCC(c4nncn4C)CC3)cc12. The quantitative estimate of drug-likeness (QED) is 0.629. The van der Waals surface area contributed by atoms with Gasteiger partial charge < -0.3 is 18.6 Å². The monoisotopic (exact) mass is 396 g/mol. The fourth-order valence-electron chi connectivity index (χ4n) is 3.90. The number of nitrogens with zero attached hydrogens (tertiary/aromatic N) is 4. The Labute approximate surface area is 168 Å². The highest BCUT2D eigenvalue weighted by molar-refractivity contribution is 5.83. The normalized spacial score (nSPS) is 16.2. The molecule has 1 aliphatic heterocycles. The Balaban J connectivity index is 1.40. The molecule has 29 heavy (non-hydrogen) atoms. The van der Waals surface area contributed by atoms with E-state index < -0.39 is 6.10 Å². The van der Waals surface area contributed by atoms with Gasteiger partial charge in [0.25, 0.3) is 5.91 Å². The van der Waals surface area contributed by atoms with E-state index in [4.69, 9.17) is 9.15 Å². The van der Waals surface area contributed by atoms with Crippen LogP contribution in [-0.4, -0.2) is 44.8 Å². The van der Waals surface area contributed by atoms with Crippen molar-refractivity contribution >= 4 is 16.9 Å². The molecule has 1 aliphatic rings. The minimum Gasteiger partial charge on any atom is -0.481 e. The van der Waals surface area contributed by atoms with Crippen molar-refractivity contribution in [3.8, 4) is 5.75 Å². The van der Waals surface area contributed by atoms with Gasteiger partial charge >= 0.3 is 5.63 Å². The zero-order chi connectivity index (χ0) is 20.5. The van der Waals surface area contributed by atoms with Gasteiger partial charge in [-0.25, -0.2) is 4.79 Å². The predicted molar refractivity (Wildman–Crippen MR) is 107 cm³/mol. The topological polar surface area (TPSA) is 90.5 Å². The van der Waals surface area contributed by atoms with Crippen molar-refractivity contribution in [2.75, 3.05) is 13.1 Å². The van der Waals surface area contributed by atoms with E-state index in [-0.39, 0.29) is 11.5 Å². The van der Waals surface area contributed by atoms with Gasteiger partial charge in [-0.15, -0.1) is 10.2 Å². The molecule has 0 spiro atoms. The van der Waals surface area contributed by atoms with E-state index >= 15 is 0 Å². The van der Waals surface area contributed by atoms with E-state index in [1.165, 1.54) is 6.07 Å². The van der Waals surface area contributed by atoms with E-state index in [1.54, 1.807) is 31.5 Å². The summed E-state index contributed by atoms with van der Waals surface area (Å²) in [6.07, 6.45) is 2.83. The summed E-state index contributed by atoms with van der Waals surface area (Å²) < 4.78 is 13.0. The van der Waals surface area contributed by atoms with Crippen LogP contribution in [0.3, 0.4) is 0 Å². The summed E-state index contributed by atoms with van der Waals surface area (Å²) in [7, 11) is 1.94. The number of amides is 1. The van der Waals surface area contributed by atoms with Crippen LogP contribution in [0.15, 0.2) is 39.8 Å². The van der Waals surface area contributed by atoms with Crippen LogP contribution in [0, 0.1) is 6.92 Å². The van der Waals surface area contributed by atoms with Gasteiger partial charge in [-0.05, 0) is 50.5 Å². The molecule has 0 aliphatic carbocycles. The first-order chi connectivity index (χ1) is 13.9. The third-order valence-electron chi connectivity index (χ3n) is 5.50. The largest absolute Gasteiger partial charge is 0.481 e. The Morgan fingerprint density at radius 3 is 2.72 bits per heavy atom. The molecule has 1 aromatic carbocycles. The number of carbonyl (C=O) groups is 1. The molecule has 0 N–H and O–H groups in total. The maximum atomic E-state index is 12.8. The maximum Gasteiger partial charge on any atom is 0.336 e. The molecule has 0 radical (unpaired) electrons. The molecule has 0 bridgehead atoms. The van der Waals surface area contributed by atoms with Crippen LogP contribution >= 0.6 is 0 Å². The first-order valence-electron chi connectivity index (χ1n) is 9.76. The number of rotatable bonds is 4. The van der Waals surface area contributed by atoms with Crippen LogP contribution < -0.4 is 10.4 Å². The second kappa shape index (κ2) is 7.69. The average molecular weight is 396 g/mol. The summed E-state index contributed by atoms with van der Waals surface area (Å²) in [5.74, 6) is 1.84. The third-order valence-corrected chi connectivity index (χ3v) is 5.50. The number of hydrogen-bond acceptors (Lipinski definition) is 6. The molecule has 1 atom stereocenters. The van der Waals surface area contributed by atoms with E-state index in [2.05, 4.69) is 10.2 Å². The van der Waals surface area contributed by atoms with E-state index in [9.17, 15) is 9.59 Å². The molecule has 152 valence electrons. The lowest BCUT2D eigenvalue weighted by Crippen LogP contribution is -2.44. The summed E-state index contributed by atoms with van der Waals surface area (Å²) in [5.41, 5.74) is 0.940. The molecule has 2 aromatic heterocycles. The minimum absolute atomic E-state index is 0.0298. The van der Waals surface area contributed by atoms with Gasteiger partial charge in [0.2, 0.25) is 0 Å². The number of benzene rings is 1. The van der Waals surface area contributed by atoms with Crippen molar-refractivity contribution in [1.29, 1.82) is 0 Å². The minimum atomic E-state index is -0.602. The molecule has 1 unspecified atom stereocenters. The van der Waals surface area contributed by atoms with Crippen LogP contribution in [0.1, 0.15) is 37.1 Å². The van der Waals surface area contributed by atoms with Gasteiger partial charge in [0.15, 0.2) is 6.10 Å². The van der Waals surface area contributed by atoms with Gasteiger partial charge in [-0.3, -0.25) is 4.79 Å². The van der Waals surface area contributed by atoms with Gasteiger partial charge in [0, 0.05) is 37.5 Å². The summed E-state index contributed by atoms with van der Waals surface area (Å²) >= 11 is 0. The highest BCUT2D eigenvalue weighted by atomic mass is 16.5. The lowest BCUT2D eigenvalue weighted by atomic mass is 9.95. The highest BCUT2D eigenvalue weighted by Gasteiger charge is 2.29. The molecule has 4 rings (SSSR count). The standard InChI is InChI=1S/C21H24N4O4/c1-13-10-19(26)29-18-5-4-16(11-17(13)18)28-14(2)21(27)25-8-6-15(7-9-25)20-23-22-12-24(20)3/h4-5,10-12,14-15H,6-9H2,1-3H3. The molecule has 1 amide bonds. The van der Waals surface area contributed by atoms with Gasteiger partial charge in [-0.1, -0.05) is 0 Å². The Kier molecular flexibility index (Phi) is 5.08. The summed E-state index contributed by atoms with van der Waals surface area (Å²) in [6.45, 7) is 4.95. The van der Waals surface area contributed by atoms with Crippen LogP contribution in [0.2, 0.25) is 0 Å². The average Bonchev–Trinajstić information content (AvgIpc) is 3.14. The fourth-order valence-corrected chi connectivity index (χ4v) is 3.90. The van der Waals surface area contributed by atoms with Crippen LogP contribution in [0.4, 0.5) is 0 Å². The molecule has 1 saturated heterocycles. The third kappa shape index (κ3) is 3.87. The fraction of sp³-hybridized carbons (Fsp3) is 0.429. The van der Waals surface area contributed by atoms with Crippen LogP contribution in [-0.2, 0) is 11.8 Å². The Morgan fingerprint density at radius 2 is 2.03 bits per heavy atom. The summed E-state index contributed by atoms with van der Waals surface area (Å²) in [4.78, 5) is 26.2.